The zero-order chi connectivity index (χ0) is 16.2. The summed E-state index contributed by atoms with van der Waals surface area (Å²) in [6.07, 6.45) is 0. The molecule has 2 N–H and O–H groups in total. The molecule has 1 atom stereocenters. The number of carbonyl (C=O) groups excluding carboxylic acids is 1. The number of nitrogens with zero attached hydrogens (tertiary/aromatic N) is 1. The Morgan fingerprint density at radius 1 is 1.19 bits per heavy atom. The standard InChI is InChI=1S/C18H30N2O/c1-13(2)16(11-19)17(21)20(6)12-14-7-9-15(10-8-14)18(3,4)5/h7-10,13,16H,11-12,19H2,1-6H3. The van der Waals surface area contributed by atoms with E-state index < -0.39 is 0 Å². The summed E-state index contributed by atoms with van der Waals surface area (Å²) in [7, 11) is 1.85. The van der Waals surface area contributed by atoms with Crippen molar-refractivity contribution in [1.82, 2.24) is 4.90 Å². The van der Waals surface area contributed by atoms with Crippen LogP contribution in [0.3, 0.4) is 0 Å². The highest BCUT2D eigenvalue weighted by Gasteiger charge is 2.23. The number of rotatable bonds is 5. The molecule has 0 aliphatic heterocycles. The van der Waals surface area contributed by atoms with Crippen LogP contribution in [0.4, 0.5) is 0 Å². The van der Waals surface area contributed by atoms with Crippen molar-refractivity contribution in [2.75, 3.05) is 13.6 Å². The lowest BCUT2D eigenvalue weighted by Gasteiger charge is -2.26. The van der Waals surface area contributed by atoms with Crippen LogP contribution in [0.5, 0.6) is 0 Å². The third-order valence-electron chi connectivity index (χ3n) is 3.99. The van der Waals surface area contributed by atoms with Gasteiger partial charge in [0.2, 0.25) is 5.91 Å². The molecular weight excluding hydrogens is 260 g/mol. The highest BCUT2D eigenvalue weighted by molar-refractivity contribution is 5.79. The topological polar surface area (TPSA) is 46.3 Å². The van der Waals surface area contributed by atoms with Gasteiger partial charge in [0.25, 0.3) is 0 Å². The average molecular weight is 290 g/mol. The maximum Gasteiger partial charge on any atom is 0.227 e. The molecule has 3 nitrogen and oxygen atoms in total. The normalized spacial score (nSPS) is 13.3. The fraction of sp³-hybridized carbons (Fsp3) is 0.611. The van der Waals surface area contributed by atoms with Gasteiger partial charge in [-0.25, -0.2) is 0 Å². The first-order chi connectivity index (χ1) is 9.66. The highest BCUT2D eigenvalue weighted by atomic mass is 16.2. The Hall–Kier alpha value is -1.35. The van der Waals surface area contributed by atoms with E-state index >= 15 is 0 Å². The number of benzene rings is 1. The van der Waals surface area contributed by atoms with Crippen LogP contribution in [0.15, 0.2) is 24.3 Å². The van der Waals surface area contributed by atoms with Gasteiger partial charge in [-0.1, -0.05) is 58.9 Å². The second kappa shape index (κ2) is 7.08. The molecule has 0 aliphatic carbocycles. The van der Waals surface area contributed by atoms with E-state index in [4.69, 9.17) is 5.73 Å². The second-order valence-corrected chi connectivity index (χ2v) is 7.23. The van der Waals surface area contributed by atoms with Gasteiger partial charge in [-0.15, -0.1) is 0 Å². The van der Waals surface area contributed by atoms with E-state index in [1.165, 1.54) is 5.56 Å². The van der Waals surface area contributed by atoms with Crippen LogP contribution < -0.4 is 5.73 Å². The zero-order valence-electron chi connectivity index (χ0n) is 14.3. The van der Waals surface area contributed by atoms with Gasteiger partial charge in [-0.05, 0) is 22.5 Å². The molecule has 0 heterocycles. The van der Waals surface area contributed by atoms with Crippen LogP contribution in [0.2, 0.25) is 0 Å². The van der Waals surface area contributed by atoms with Gasteiger partial charge < -0.3 is 10.6 Å². The molecule has 1 aromatic rings. The lowest BCUT2D eigenvalue weighted by molar-refractivity contribution is -0.135. The summed E-state index contributed by atoms with van der Waals surface area (Å²) in [5, 5.41) is 0. The van der Waals surface area contributed by atoms with Crippen molar-refractivity contribution in [3.05, 3.63) is 35.4 Å². The Morgan fingerprint density at radius 3 is 2.10 bits per heavy atom. The van der Waals surface area contributed by atoms with Gasteiger partial charge in [0.15, 0.2) is 0 Å². The van der Waals surface area contributed by atoms with Gasteiger partial charge in [0.1, 0.15) is 0 Å². The summed E-state index contributed by atoms with van der Waals surface area (Å²) in [5.41, 5.74) is 8.34. The summed E-state index contributed by atoms with van der Waals surface area (Å²) < 4.78 is 0. The molecule has 1 aromatic carbocycles. The van der Waals surface area contributed by atoms with Crippen LogP contribution in [-0.4, -0.2) is 24.4 Å². The van der Waals surface area contributed by atoms with Gasteiger partial charge >= 0.3 is 0 Å². The average Bonchev–Trinajstić information content (AvgIpc) is 2.38. The van der Waals surface area contributed by atoms with Crippen LogP contribution in [0, 0.1) is 11.8 Å². The van der Waals surface area contributed by atoms with Crippen LogP contribution in [-0.2, 0) is 16.8 Å². The van der Waals surface area contributed by atoms with E-state index in [-0.39, 0.29) is 23.2 Å². The largest absolute Gasteiger partial charge is 0.341 e. The quantitative estimate of drug-likeness (QED) is 0.905. The van der Waals surface area contributed by atoms with E-state index in [1.807, 2.05) is 20.9 Å². The molecule has 0 aromatic heterocycles. The molecule has 0 spiro atoms. The molecular formula is C18H30N2O. The number of nitrogens with two attached hydrogens (primary N) is 1. The zero-order valence-corrected chi connectivity index (χ0v) is 14.3. The molecule has 118 valence electrons. The van der Waals surface area contributed by atoms with Crippen molar-refractivity contribution < 1.29 is 4.79 Å². The monoisotopic (exact) mass is 290 g/mol. The fourth-order valence-electron chi connectivity index (χ4n) is 2.40. The van der Waals surface area contributed by atoms with E-state index in [0.29, 0.717) is 13.1 Å². The van der Waals surface area contributed by atoms with Gasteiger partial charge in [0, 0.05) is 20.1 Å². The fourth-order valence-corrected chi connectivity index (χ4v) is 2.40. The molecule has 1 amide bonds. The van der Waals surface area contributed by atoms with Crippen molar-refractivity contribution in [2.45, 2.75) is 46.6 Å². The van der Waals surface area contributed by atoms with E-state index in [2.05, 4.69) is 45.0 Å². The van der Waals surface area contributed by atoms with Gasteiger partial charge in [-0.2, -0.15) is 0 Å². The molecule has 1 unspecified atom stereocenters. The van der Waals surface area contributed by atoms with Crippen molar-refractivity contribution >= 4 is 5.91 Å². The minimum Gasteiger partial charge on any atom is -0.341 e. The molecule has 3 heteroatoms. The Bertz CT molecular complexity index is 457. The number of hydrogen-bond donors (Lipinski definition) is 1. The Labute approximate surface area is 129 Å². The second-order valence-electron chi connectivity index (χ2n) is 7.23. The Kier molecular flexibility index (Phi) is 5.97. The van der Waals surface area contributed by atoms with Gasteiger partial charge in [0.05, 0.1) is 5.92 Å². The maximum atomic E-state index is 12.4. The van der Waals surface area contributed by atoms with E-state index in [0.717, 1.165) is 5.56 Å². The molecule has 0 aliphatic rings. The molecule has 0 fully saturated rings. The van der Waals surface area contributed by atoms with Crippen molar-refractivity contribution in [2.24, 2.45) is 17.6 Å². The van der Waals surface area contributed by atoms with Crippen LogP contribution in [0.25, 0.3) is 0 Å². The predicted molar refractivity (Wildman–Crippen MR) is 89.0 cm³/mol. The predicted octanol–water partition coefficient (Wildman–Crippen LogP) is 3.17. The first kappa shape index (κ1) is 17.7. The first-order valence-corrected chi connectivity index (χ1v) is 7.71. The Balaban J connectivity index is 2.75. The number of carbonyl (C=O) groups is 1. The summed E-state index contributed by atoms with van der Waals surface area (Å²) in [6.45, 7) is 11.7. The lowest BCUT2D eigenvalue weighted by atomic mass is 9.86. The number of amides is 1. The van der Waals surface area contributed by atoms with E-state index in [9.17, 15) is 4.79 Å². The van der Waals surface area contributed by atoms with E-state index in [1.54, 1.807) is 4.90 Å². The Morgan fingerprint density at radius 2 is 1.71 bits per heavy atom. The maximum absolute atomic E-state index is 12.4. The molecule has 0 radical (unpaired) electrons. The van der Waals surface area contributed by atoms with Crippen LogP contribution >= 0.6 is 0 Å². The minimum absolute atomic E-state index is 0.0937. The molecule has 0 saturated heterocycles. The molecule has 0 bridgehead atoms. The van der Waals surface area contributed by atoms with Crippen molar-refractivity contribution in [3.63, 3.8) is 0 Å². The van der Waals surface area contributed by atoms with Crippen molar-refractivity contribution in [1.29, 1.82) is 0 Å². The third kappa shape index (κ3) is 4.85. The minimum atomic E-state index is -0.0937. The number of hydrogen-bond acceptors (Lipinski definition) is 2. The summed E-state index contributed by atoms with van der Waals surface area (Å²) >= 11 is 0. The van der Waals surface area contributed by atoms with Gasteiger partial charge in [-0.3, -0.25) is 4.79 Å². The highest BCUT2D eigenvalue weighted by Crippen LogP contribution is 2.22. The molecule has 0 saturated carbocycles. The van der Waals surface area contributed by atoms with Crippen molar-refractivity contribution in [3.8, 4) is 0 Å². The molecule has 1 rings (SSSR count). The third-order valence-corrected chi connectivity index (χ3v) is 3.99. The SMILES string of the molecule is CC(C)C(CN)C(=O)N(C)Cc1ccc(C(C)(C)C)cc1. The lowest BCUT2D eigenvalue weighted by Crippen LogP contribution is -2.38. The summed E-state index contributed by atoms with van der Waals surface area (Å²) in [4.78, 5) is 14.2. The first-order valence-electron chi connectivity index (χ1n) is 7.71. The smallest absolute Gasteiger partial charge is 0.227 e. The molecule has 21 heavy (non-hydrogen) atoms. The van der Waals surface area contributed by atoms with Crippen LogP contribution in [0.1, 0.15) is 45.7 Å². The summed E-state index contributed by atoms with van der Waals surface area (Å²) in [5.74, 6) is 0.310. The summed E-state index contributed by atoms with van der Waals surface area (Å²) in [6, 6.07) is 8.52.